The van der Waals surface area contributed by atoms with Crippen molar-refractivity contribution in [1.82, 2.24) is 5.32 Å². The molecule has 0 radical (unpaired) electrons. The van der Waals surface area contributed by atoms with E-state index in [0.717, 1.165) is 17.4 Å². The van der Waals surface area contributed by atoms with Crippen LogP contribution in [-0.4, -0.2) is 6.54 Å². The Morgan fingerprint density at radius 1 is 1.00 bits per heavy atom. The third-order valence-electron chi connectivity index (χ3n) is 4.04. The predicted octanol–water partition coefficient (Wildman–Crippen LogP) is 5.47. The van der Waals surface area contributed by atoms with E-state index >= 15 is 0 Å². The zero-order valence-electron chi connectivity index (χ0n) is 13.1. The third-order valence-corrected chi connectivity index (χ3v) is 4.57. The minimum Gasteiger partial charge on any atom is -0.309 e. The van der Waals surface area contributed by atoms with E-state index in [4.69, 9.17) is 0 Å². The number of rotatable bonds is 6. The van der Waals surface area contributed by atoms with Gasteiger partial charge in [0.25, 0.3) is 0 Å². The largest absolute Gasteiger partial charge is 0.309 e. The van der Waals surface area contributed by atoms with Gasteiger partial charge in [-0.3, -0.25) is 0 Å². The molecule has 0 fully saturated rings. The summed E-state index contributed by atoms with van der Waals surface area (Å²) in [7, 11) is 0. The quantitative estimate of drug-likeness (QED) is 0.732. The first-order chi connectivity index (χ1) is 10.1. The molecule has 112 valence electrons. The Morgan fingerprint density at radius 2 is 1.62 bits per heavy atom. The smallest absolute Gasteiger partial charge is 0.0412 e. The highest BCUT2D eigenvalue weighted by molar-refractivity contribution is 9.10. The van der Waals surface area contributed by atoms with Gasteiger partial charge >= 0.3 is 0 Å². The molecule has 1 N–H and O–H groups in total. The van der Waals surface area contributed by atoms with Crippen molar-refractivity contribution in [2.24, 2.45) is 0 Å². The first kappa shape index (κ1) is 16.3. The summed E-state index contributed by atoms with van der Waals surface area (Å²) in [6.07, 6.45) is 1.14. The molecule has 1 atom stereocenters. The van der Waals surface area contributed by atoms with Crippen LogP contribution in [0.2, 0.25) is 0 Å². The minimum atomic E-state index is 0.0320. The van der Waals surface area contributed by atoms with E-state index in [9.17, 15) is 0 Å². The molecule has 2 heteroatoms. The van der Waals surface area contributed by atoms with Gasteiger partial charge in [0.05, 0.1) is 0 Å². The zero-order valence-corrected chi connectivity index (χ0v) is 14.7. The van der Waals surface area contributed by atoms with Crippen LogP contribution in [0.1, 0.15) is 44.4 Å². The molecule has 0 bridgehead atoms. The van der Waals surface area contributed by atoms with Crippen molar-refractivity contribution in [2.45, 2.75) is 38.6 Å². The highest BCUT2D eigenvalue weighted by Crippen LogP contribution is 2.37. The van der Waals surface area contributed by atoms with Crippen LogP contribution in [0.3, 0.4) is 0 Å². The van der Waals surface area contributed by atoms with Crippen molar-refractivity contribution < 1.29 is 0 Å². The van der Waals surface area contributed by atoms with Gasteiger partial charge in [-0.25, -0.2) is 0 Å². The lowest BCUT2D eigenvalue weighted by Crippen LogP contribution is -2.37. The lowest BCUT2D eigenvalue weighted by molar-refractivity contribution is 0.348. The molecule has 1 unspecified atom stereocenters. The van der Waals surface area contributed by atoms with Gasteiger partial charge in [-0.2, -0.15) is 0 Å². The summed E-state index contributed by atoms with van der Waals surface area (Å²) >= 11 is 3.52. The van der Waals surface area contributed by atoms with E-state index in [1.54, 1.807) is 0 Å². The first-order valence-corrected chi connectivity index (χ1v) is 8.39. The predicted molar refractivity (Wildman–Crippen MR) is 94.6 cm³/mol. The Balaban J connectivity index is 2.37. The van der Waals surface area contributed by atoms with Crippen molar-refractivity contribution >= 4 is 15.9 Å². The topological polar surface area (TPSA) is 12.0 Å². The lowest BCUT2D eigenvalue weighted by Gasteiger charge is -2.36. The van der Waals surface area contributed by atoms with Gasteiger partial charge in [-0.15, -0.1) is 0 Å². The van der Waals surface area contributed by atoms with Crippen LogP contribution >= 0.6 is 15.9 Å². The van der Waals surface area contributed by atoms with Crippen molar-refractivity contribution in [2.75, 3.05) is 6.54 Å². The maximum absolute atomic E-state index is 3.73. The Kier molecular flexibility index (Phi) is 5.60. The van der Waals surface area contributed by atoms with Gasteiger partial charge in [-0.05, 0) is 36.2 Å². The van der Waals surface area contributed by atoms with E-state index in [0.29, 0.717) is 6.04 Å². The fourth-order valence-corrected chi connectivity index (χ4v) is 3.03. The van der Waals surface area contributed by atoms with E-state index in [-0.39, 0.29) is 5.41 Å². The van der Waals surface area contributed by atoms with E-state index in [1.165, 1.54) is 11.1 Å². The van der Waals surface area contributed by atoms with Gasteiger partial charge in [0, 0.05) is 15.9 Å². The number of hydrogen-bond acceptors (Lipinski definition) is 1. The maximum Gasteiger partial charge on any atom is 0.0412 e. The Morgan fingerprint density at radius 3 is 2.19 bits per heavy atom. The molecular weight excluding hydrogens is 322 g/mol. The summed E-state index contributed by atoms with van der Waals surface area (Å²) in [6, 6.07) is 19.7. The average Bonchev–Trinajstić information content (AvgIpc) is 2.50. The van der Waals surface area contributed by atoms with E-state index in [1.807, 2.05) is 0 Å². The Bertz CT molecular complexity index is 546. The molecule has 2 rings (SSSR count). The van der Waals surface area contributed by atoms with Gasteiger partial charge in [0.15, 0.2) is 0 Å². The molecule has 0 aliphatic rings. The molecule has 2 aromatic carbocycles. The Hall–Kier alpha value is -1.12. The highest BCUT2D eigenvalue weighted by atomic mass is 79.9. The van der Waals surface area contributed by atoms with Crippen LogP contribution in [-0.2, 0) is 5.41 Å². The second-order valence-electron chi connectivity index (χ2n) is 6.03. The normalized spacial score (nSPS) is 13.1. The SMILES string of the molecule is CCCNC(c1ccc(Br)cc1)C(C)(C)c1ccccc1. The molecule has 0 aliphatic carbocycles. The highest BCUT2D eigenvalue weighted by Gasteiger charge is 2.31. The number of hydrogen-bond donors (Lipinski definition) is 1. The lowest BCUT2D eigenvalue weighted by atomic mass is 9.75. The molecule has 0 aromatic heterocycles. The summed E-state index contributed by atoms with van der Waals surface area (Å²) in [5.41, 5.74) is 2.73. The summed E-state index contributed by atoms with van der Waals surface area (Å²) < 4.78 is 1.12. The standard InChI is InChI=1S/C19H24BrN/c1-4-14-21-18(15-10-12-17(20)13-11-15)19(2,3)16-8-6-5-7-9-16/h5-13,18,21H,4,14H2,1-3H3. The van der Waals surface area contributed by atoms with E-state index < -0.39 is 0 Å². The van der Waals surface area contributed by atoms with Crippen LogP contribution < -0.4 is 5.32 Å². The molecule has 0 spiro atoms. The summed E-state index contributed by atoms with van der Waals surface area (Å²) in [5, 5.41) is 3.73. The van der Waals surface area contributed by atoms with Crippen LogP contribution in [0, 0.1) is 0 Å². The van der Waals surface area contributed by atoms with E-state index in [2.05, 4.69) is 96.6 Å². The van der Waals surface area contributed by atoms with Crippen LogP contribution in [0.5, 0.6) is 0 Å². The molecule has 0 heterocycles. The van der Waals surface area contributed by atoms with Crippen molar-refractivity contribution in [3.8, 4) is 0 Å². The second kappa shape index (κ2) is 7.24. The maximum atomic E-state index is 3.73. The van der Waals surface area contributed by atoms with Crippen molar-refractivity contribution in [3.05, 3.63) is 70.2 Å². The second-order valence-corrected chi connectivity index (χ2v) is 6.94. The van der Waals surface area contributed by atoms with Crippen molar-refractivity contribution in [3.63, 3.8) is 0 Å². The monoisotopic (exact) mass is 345 g/mol. The number of halogens is 1. The number of benzene rings is 2. The zero-order chi connectivity index (χ0) is 15.3. The molecule has 21 heavy (non-hydrogen) atoms. The first-order valence-electron chi connectivity index (χ1n) is 7.60. The fraction of sp³-hybridized carbons (Fsp3) is 0.368. The molecule has 1 nitrogen and oxygen atoms in total. The molecule has 0 amide bonds. The van der Waals surface area contributed by atoms with Crippen LogP contribution in [0.4, 0.5) is 0 Å². The minimum absolute atomic E-state index is 0.0320. The van der Waals surface area contributed by atoms with Crippen LogP contribution in [0.25, 0.3) is 0 Å². The Labute approximate surface area is 136 Å². The number of nitrogens with one attached hydrogen (secondary N) is 1. The summed E-state index contributed by atoms with van der Waals surface area (Å²) in [4.78, 5) is 0. The molecule has 0 aliphatic heterocycles. The van der Waals surface area contributed by atoms with Gasteiger partial charge in [0.2, 0.25) is 0 Å². The molecule has 0 saturated carbocycles. The van der Waals surface area contributed by atoms with Gasteiger partial charge < -0.3 is 5.32 Å². The van der Waals surface area contributed by atoms with Gasteiger partial charge in [0.1, 0.15) is 0 Å². The van der Waals surface area contributed by atoms with Crippen molar-refractivity contribution in [1.29, 1.82) is 0 Å². The van der Waals surface area contributed by atoms with Crippen LogP contribution in [0.15, 0.2) is 59.1 Å². The average molecular weight is 346 g/mol. The third kappa shape index (κ3) is 3.96. The molecule has 0 saturated heterocycles. The summed E-state index contributed by atoms with van der Waals surface area (Å²) in [6.45, 7) is 7.87. The fourth-order valence-electron chi connectivity index (χ4n) is 2.77. The summed E-state index contributed by atoms with van der Waals surface area (Å²) in [5.74, 6) is 0. The molecular formula is C19H24BrN. The van der Waals surface area contributed by atoms with Gasteiger partial charge in [-0.1, -0.05) is 79.2 Å². The molecule has 2 aromatic rings.